The molecule has 1 aliphatic heterocycles. The van der Waals surface area contributed by atoms with E-state index in [0.29, 0.717) is 0 Å². The van der Waals surface area contributed by atoms with E-state index in [-0.39, 0.29) is 10.9 Å². The summed E-state index contributed by atoms with van der Waals surface area (Å²) in [5.74, 6) is 0. The van der Waals surface area contributed by atoms with Gasteiger partial charge in [0.05, 0.1) is 0 Å². The molecule has 0 saturated carbocycles. The average Bonchev–Trinajstić information content (AvgIpc) is 2.66. The Morgan fingerprint density at radius 1 is 1.38 bits per heavy atom. The Morgan fingerprint density at radius 2 is 2.05 bits per heavy atom. The van der Waals surface area contributed by atoms with Crippen LogP contribution in [0.4, 0.5) is 0 Å². The summed E-state index contributed by atoms with van der Waals surface area (Å²) in [6.45, 7) is 7.17. The van der Waals surface area contributed by atoms with E-state index in [4.69, 9.17) is 12.2 Å². The maximum absolute atomic E-state index is 12.7. The van der Waals surface area contributed by atoms with Crippen LogP contribution in [0.5, 0.6) is 0 Å². The molecule has 1 aromatic rings. The van der Waals surface area contributed by atoms with Gasteiger partial charge in [-0.15, -0.1) is 0 Å². The van der Waals surface area contributed by atoms with Crippen molar-refractivity contribution >= 4 is 34.5 Å². The van der Waals surface area contributed by atoms with Crippen molar-refractivity contribution in [3.8, 4) is 0 Å². The highest BCUT2D eigenvalue weighted by Crippen LogP contribution is 2.41. The Labute approximate surface area is 136 Å². The van der Waals surface area contributed by atoms with Crippen LogP contribution in [0.1, 0.15) is 39.2 Å². The summed E-state index contributed by atoms with van der Waals surface area (Å²) in [7, 11) is 0. The van der Waals surface area contributed by atoms with Gasteiger partial charge in [-0.25, -0.2) is 0 Å². The number of hydrogen-bond acceptors (Lipinski definition) is 3. The second kappa shape index (κ2) is 6.79. The molecule has 0 amide bonds. The van der Waals surface area contributed by atoms with Crippen LogP contribution < -0.4 is 0 Å². The number of thioether (sulfide) groups is 1. The Balaban J connectivity index is 2.28. The quantitative estimate of drug-likeness (QED) is 0.271. The van der Waals surface area contributed by atoms with E-state index in [1.165, 1.54) is 0 Å². The second-order valence-electron chi connectivity index (χ2n) is 5.79. The first-order valence-corrected chi connectivity index (χ1v) is 8.53. The molecule has 0 spiro atoms. The number of thiocarbonyl (C=S) groups is 1. The van der Waals surface area contributed by atoms with Gasteiger partial charge in [0, 0.05) is 12.1 Å². The normalized spacial score (nSPS) is 21.9. The van der Waals surface area contributed by atoms with E-state index < -0.39 is 0 Å². The molecular weight excluding hydrogens is 300 g/mol. The molecule has 0 aliphatic carbocycles. The summed E-state index contributed by atoms with van der Waals surface area (Å²) in [6.07, 6.45) is 3.56. The van der Waals surface area contributed by atoms with Crippen molar-refractivity contribution in [1.29, 1.82) is 0 Å². The molecule has 0 aromatic heterocycles. The molecule has 2 rings (SSSR count). The maximum Gasteiger partial charge on any atom is 0.254 e. The summed E-state index contributed by atoms with van der Waals surface area (Å²) in [6, 6.07) is 9.70. The lowest BCUT2D eigenvalue weighted by molar-refractivity contribution is -0.523. The van der Waals surface area contributed by atoms with Gasteiger partial charge in [0.1, 0.15) is 9.07 Å². The minimum atomic E-state index is -0.248. The minimum Gasteiger partial charge on any atom is -0.622 e. The van der Waals surface area contributed by atoms with Crippen molar-refractivity contribution in [2.75, 3.05) is 6.54 Å². The highest BCUT2D eigenvalue weighted by Gasteiger charge is 2.50. The first kappa shape index (κ1) is 16.3. The van der Waals surface area contributed by atoms with Crippen molar-refractivity contribution in [3.63, 3.8) is 0 Å². The van der Waals surface area contributed by atoms with Gasteiger partial charge >= 0.3 is 0 Å². The molecule has 1 atom stereocenters. The Kier molecular flexibility index (Phi) is 5.27. The molecule has 1 aliphatic rings. The predicted octanol–water partition coefficient (Wildman–Crippen LogP) is 3.85. The zero-order chi connectivity index (χ0) is 15.5. The molecule has 114 valence electrons. The van der Waals surface area contributed by atoms with E-state index in [2.05, 4.69) is 25.7 Å². The standard InChI is InChI=1S/C16H22N2OS2/c1-4-5-11-17-14(16(2,3)21-15(17)20)18(19)12-13-9-7-6-8-10-13/h6-10,12,14H,4-5,11H2,1-3H3/b18-12-/t14-/m0/s1. The summed E-state index contributed by atoms with van der Waals surface area (Å²) >= 11 is 7.10. The van der Waals surface area contributed by atoms with Crippen LogP contribution in [0.25, 0.3) is 0 Å². The van der Waals surface area contributed by atoms with Gasteiger partial charge in [-0.05, 0) is 32.4 Å². The van der Waals surface area contributed by atoms with Crippen LogP contribution in [0.15, 0.2) is 30.3 Å². The van der Waals surface area contributed by atoms with Gasteiger partial charge in [0.15, 0.2) is 6.21 Å². The minimum absolute atomic E-state index is 0.210. The molecule has 1 heterocycles. The lowest BCUT2D eigenvalue weighted by atomic mass is 10.1. The fourth-order valence-electron chi connectivity index (χ4n) is 2.55. The third kappa shape index (κ3) is 3.77. The Bertz CT molecular complexity index is 528. The smallest absolute Gasteiger partial charge is 0.254 e. The lowest BCUT2D eigenvalue weighted by Gasteiger charge is -2.29. The monoisotopic (exact) mass is 322 g/mol. The van der Waals surface area contributed by atoms with Gasteiger partial charge in [-0.3, -0.25) is 4.90 Å². The number of benzene rings is 1. The van der Waals surface area contributed by atoms with Crippen molar-refractivity contribution in [2.24, 2.45) is 0 Å². The second-order valence-corrected chi connectivity index (χ2v) is 8.08. The molecule has 5 heteroatoms. The van der Waals surface area contributed by atoms with Gasteiger partial charge in [0.25, 0.3) is 6.17 Å². The largest absolute Gasteiger partial charge is 0.622 e. The number of hydrogen-bond donors (Lipinski definition) is 0. The fraction of sp³-hybridized carbons (Fsp3) is 0.500. The fourth-order valence-corrected chi connectivity index (χ4v) is 4.48. The highest BCUT2D eigenvalue weighted by molar-refractivity contribution is 8.24. The molecular formula is C16H22N2OS2. The third-order valence-electron chi connectivity index (χ3n) is 3.57. The summed E-state index contributed by atoms with van der Waals surface area (Å²) in [5.41, 5.74) is 0.918. The molecule has 1 saturated heterocycles. The number of nitrogens with zero attached hydrogens (tertiary/aromatic N) is 2. The topological polar surface area (TPSA) is 29.3 Å². The van der Waals surface area contributed by atoms with E-state index in [1.54, 1.807) is 18.0 Å². The molecule has 3 nitrogen and oxygen atoms in total. The van der Waals surface area contributed by atoms with Crippen LogP contribution in [0.2, 0.25) is 0 Å². The average molecular weight is 322 g/mol. The number of unbranched alkanes of at least 4 members (excludes halogenated alkanes) is 1. The first-order chi connectivity index (χ1) is 9.95. The maximum atomic E-state index is 12.7. The molecule has 0 N–H and O–H groups in total. The Hall–Kier alpha value is -1.07. The summed E-state index contributed by atoms with van der Waals surface area (Å²) in [4.78, 5) is 2.08. The molecule has 0 unspecified atom stereocenters. The SMILES string of the molecule is CCCCN1C(=S)SC(C)(C)[C@@H]1/[N+]([O-])=C/c1ccccc1. The molecule has 1 aromatic carbocycles. The molecule has 1 fully saturated rings. The van der Waals surface area contributed by atoms with Crippen molar-refractivity contribution in [2.45, 2.75) is 44.5 Å². The zero-order valence-corrected chi connectivity index (χ0v) is 14.4. The van der Waals surface area contributed by atoms with Crippen LogP contribution in [-0.4, -0.2) is 37.6 Å². The number of rotatable bonds is 5. The van der Waals surface area contributed by atoms with Crippen LogP contribution in [-0.2, 0) is 0 Å². The van der Waals surface area contributed by atoms with Gasteiger partial charge < -0.3 is 5.21 Å². The van der Waals surface area contributed by atoms with Gasteiger partial charge in [-0.2, -0.15) is 4.74 Å². The lowest BCUT2D eigenvalue weighted by Crippen LogP contribution is -2.48. The third-order valence-corrected chi connectivity index (χ3v) is 5.20. The van der Waals surface area contributed by atoms with Crippen molar-refractivity contribution < 1.29 is 4.74 Å². The Morgan fingerprint density at radius 3 is 2.67 bits per heavy atom. The van der Waals surface area contributed by atoms with E-state index in [9.17, 15) is 5.21 Å². The summed E-state index contributed by atoms with van der Waals surface area (Å²) in [5, 5.41) is 12.7. The van der Waals surface area contributed by atoms with Gasteiger partial charge in [-0.1, -0.05) is 55.5 Å². The van der Waals surface area contributed by atoms with Crippen molar-refractivity contribution in [1.82, 2.24) is 4.90 Å². The van der Waals surface area contributed by atoms with Crippen LogP contribution in [0.3, 0.4) is 0 Å². The van der Waals surface area contributed by atoms with E-state index >= 15 is 0 Å². The number of hydroxylamine groups is 1. The summed E-state index contributed by atoms with van der Waals surface area (Å²) < 4.78 is 1.69. The molecule has 21 heavy (non-hydrogen) atoms. The van der Waals surface area contributed by atoms with Crippen LogP contribution in [0, 0.1) is 5.21 Å². The molecule has 0 bridgehead atoms. The van der Waals surface area contributed by atoms with E-state index in [1.807, 2.05) is 30.3 Å². The highest BCUT2D eigenvalue weighted by atomic mass is 32.2. The zero-order valence-electron chi connectivity index (χ0n) is 12.8. The van der Waals surface area contributed by atoms with Crippen molar-refractivity contribution in [3.05, 3.63) is 41.1 Å². The van der Waals surface area contributed by atoms with Gasteiger partial charge in [0.2, 0.25) is 0 Å². The predicted molar refractivity (Wildman–Crippen MR) is 94.9 cm³/mol. The molecule has 0 radical (unpaired) electrons. The van der Waals surface area contributed by atoms with Crippen LogP contribution >= 0.6 is 24.0 Å². The van der Waals surface area contributed by atoms with E-state index in [0.717, 1.165) is 34.0 Å². The first-order valence-electron chi connectivity index (χ1n) is 7.30.